The quantitative estimate of drug-likeness (QED) is 0.834. The van der Waals surface area contributed by atoms with Gasteiger partial charge in [-0.1, -0.05) is 6.42 Å². The van der Waals surface area contributed by atoms with Gasteiger partial charge < -0.3 is 15.2 Å². The number of nitrogens with zero attached hydrogens (tertiary/aromatic N) is 1. The molecule has 2 rings (SSSR count). The molecule has 4 nitrogen and oxygen atoms in total. The number of pyridine rings is 1. The summed E-state index contributed by atoms with van der Waals surface area (Å²) in [6, 6.07) is 3.87. The minimum atomic E-state index is -0.127. The van der Waals surface area contributed by atoms with E-state index in [1.807, 2.05) is 19.1 Å². The highest BCUT2D eigenvalue weighted by Crippen LogP contribution is 2.24. The molecule has 4 heteroatoms. The van der Waals surface area contributed by atoms with Crippen molar-refractivity contribution >= 4 is 0 Å². The Morgan fingerprint density at radius 3 is 2.94 bits per heavy atom. The van der Waals surface area contributed by atoms with Crippen LogP contribution in [0.1, 0.15) is 30.7 Å². The molecule has 0 aliphatic heterocycles. The molecule has 0 radical (unpaired) electrons. The lowest BCUT2D eigenvalue weighted by molar-refractivity contribution is 0.131. The van der Waals surface area contributed by atoms with Crippen LogP contribution >= 0.6 is 0 Å². The molecule has 100 valence electrons. The first-order chi connectivity index (χ1) is 8.69. The number of ether oxygens (including phenoxy) is 1. The van der Waals surface area contributed by atoms with Crippen LogP contribution in [0.15, 0.2) is 12.1 Å². The summed E-state index contributed by atoms with van der Waals surface area (Å²) in [4.78, 5) is 4.46. The number of aryl methyl sites for hydroxylation is 1. The fourth-order valence-corrected chi connectivity index (χ4v) is 2.55. The third-order valence-corrected chi connectivity index (χ3v) is 3.55. The van der Waals surface area contributed by atoms with Crippen LogP contribution in [0.5, 0.6) is 5.75 Å². The van der Waals surface area contributed by atoms with E-state index in [-0.39, 0.29) is 6.10 Å². The van der Waals surface area contributed by atoms with Crippen molar-refractivity contribution in [3.05, 3.63) is 23.5 Å². The van der Waals surface area contributed by atoms with Crippen molar-refractivity contribution in [1.82, 2.24) is 10.3 Å². The van der Waals surface area contributed by atoms with Crippen molar-refractivity contribution in [3.8, 4) is 5.75 Å². The van der Waals surface area contributed by atoms with Gasteiger partial charge in [-0.3, -0.25) is 4.98 Å². The highest BCUT2D eigenvalue weighted by atomic mass is 16.5. The van der Waals surface area contributed by atoms with Crippen molar-refractivity contribution in [1.29, 1.82) is 0 Å². The molecular weight excluding hydrogens is 228 g/mol. The van der Waals surface area contributed by atoms with Gasteiger partial charge in [-0.05, 0) is 25.7 Å². The molecule has 1 aliphatic rings. The van der Waals surface area contributed by atoms with Crippen molar-refractivity contribution in [2.75, 3.05) is 13.7 Å². The monoisotopic (exact) mass is 250 g/mol. The number of methoxy groups -OCH3 is 1. The predicted molar refractivity (Wildman–Crippen MR) is 70.6 cm³/mol. The molecule has 2 atom stereocenters. The first-order valence-electron chi connectivity index (χ1n) is 6.59. The number of aromatic nitrogens is 1. The van der Waals surface area contributed by atoms with Gasteiger partial charge in [0.1, 0.15) is 5.75 Å². The molecule has 1 aliphatic carbocycles. The third kappa shape index (κ3) is 3.43. The first-order valence-corrected chi connectivity index (χ1v) is 6.59. The molecule has 2 N–H and O–H groups in total. The van der Waals surface area contributed by atoms with Crippen molar-refractivity contribution < 1.29 is 9.84 Å². The average molecular weight is 250 g/mol. The van der Waals surface area contributed by atoms with Crippen LogP contribution < -0.4 is 10.1 Å². The van der Waals surface area contributed by atoms with Crippen molar-refractivity contribution in [2.45, 2.75) is 38.8 Å². The first kappa shape index (κ1) is 13.3. The molecule has 1 aromatic rings. The standard InChI is InChI=1S/C14H22N2O2/c1-10-6-13(18-2)7-12(16-10)9-15-8-11-4-3-5-14(11)17/h6-7,11,14-15,17H,3-5,8-9H2,1-2H3. The van der Waals surface area contributed by atoms with Crippen LogP contribution in [0.2, 0.25) is 0 Å². The summed E-state index contributed by atoms with van der Waals surface area (Å²) in [7, 11) is 1.67. The number of aliphatic hydroxyl groups is 1. The van der Waals surface area contributed by atoms with Crippen LogP contribution in [-0.4, -0.2) is 29.8 Å². The number of nitrogens with one attached hydrogen (secondary N) is 1. The fourth-order valence-electron chi connectivity index (χ4n) is 2.55. The van der Waals surface area contributed by atoms with Gasteiger partial charge in [-0.25, -0.2) is 0 Å². The Hall–Kier alpha value is -1.13. The molecule has 0 amide bonds. The summed E-state index contributed by atoms with van der Waals surface area (Å²) in [6.45, 7) is 3.55. The number of rotatable bonds is 5. The topological polar surface area (TPSA) is 54.4 Å². The number of aliphatic hydroxyl groups excluding tert-OH is 1. The zero-order valence-corrected chi connectivity index (χ0v) is 11.1. The maximum Gasteiger partial charge on any atom is 0.122 e. The van der Waals surface area contributed by atoms with Gasteiger partial charge in [0.05, 0.1) is 18.9 Å². The largest absolute Gasteiger partial charge is 0.497 e. The molecule has 1 aromatic heterocycles. The van der Waals surface area contributed by atoms with Crippen LogP contribution in [0, 0.1) is 12.8 Å². The second kappa shape index (κ2) is 6.16. The number of hydrogen-bond acceptors (Lipinski definition) is 4. The second-order valence-corrected chi connectivity index (χ2v) is 5.03. The Morgan fingerprint density at radius 2 is 2.28 bits per heavy atom. The molecule has 1 heterocycles. The maximum absolute atomic E-state index is 9.74. The normalized spacial score (nSPS) is 23.3. The third-order valence-electron chi connectivity index (χ3n) is 3.55. The molecule has 2 unspecified atom stereocenters. The molecule has 0 spiro atoms. The van der Waals surface area contributed by atoms with Gasteiger partial charge in [-0.2, -0.15) is 0 Å². The Morgan fingerprint density at radius 1 is 1.44 bits per heavy atom. The lowest BCUT2D eigenvalue weighted by Crippen LogP contribution is -2.27. The van der Waals surface area contributed by atoms with E-state index in [2.05, 4.69) is 10.3 Å². The average Bonchev–Trinajstić information content (AvgIpc) is 2.74. The van der Waals surface area contributed by atoms with Crippen LogP contribution in [-0.2, 0) is 6.54 Å². The van der Waals surface area contributed by atoms with E-state index in [9.17, 15) is 5.11 Å². The van der Waals surface area contributed by atoms with Crippen LogP contribution in [0.3, 0.4) is 0 Å². The lowest BCUT2D eigenvalue weighted by atomic mass is 10.1. The van der Waals surface area contributed by atoms with E-state index < -0.39 is 0 Å². The Kier molecular flexibility index (Phi) is 4.55. The summed E-state index contributed by atoms with van der Waals surface area (Å²) in [5.74, 6) is 1.25. The molecule has 18 heavy (non-hydrogen) atoms. The van der Waals surface area contributed by atoms with E-state index in [0.29, 0.717) is 5.92 Å². The molecule has 1 fully saturated rings. The summed E-state index contributed by atoms with van der Waals surface area (Å²) >= 11 is 0. The second-order valence-electron chi connectivity index (χ2n) is 5.03. The SMILES string of the molecule is COc1cc(C)nc(CNCC2CCCC2O)c1. The Labute approximate surface area is 108 Å². The predicted octanol–water partition coefficient (Wildman–Crippen LogP) is 1.65. The van der Waals surface area contributed by atoms with Gasteiger partial charge in [0, 0.05) is 30.9 Å². The van der Waals surface area contributed by atoms with Gasteiger partial charge >= 0.3 is 0 Å². The Balaban J connectivity index is 1.84. The zero-order valence-electron chi connectivity index (χ0n) is 11.1. The summed E-state index contributed by atoms with van der Waals surface area (Å²) in [5.41, 5.74) is 1.95. The Bertz CT molecular complexity index is 395. The zero-order chi connectivity index (χ0) is 13.0. The lowest BCUT2D eigenvalue weighted by Gasteiger charge is -2.15. The van der Waals surface area contributed by atoms with Crippen LogP contribution in [0.25, 0.3) is 0 Å². The maximum atomic E-state index is 9.74. The highest BCUT2D eigenvalue weighted by molar-refractivity contribution is 5.26. The minimum Gasteiger partial charge on any atom is -0.497 e. The highest BCUT2D eigenvalue weighted by Gasteiger charge is 2.24. The fraction of sp³-hybridized carbons (Fsp3) is 0.643. The van der Waals surface area contributed by atoms with E-state index in [0.717, 1.165) is 49.5 Å². The van der Waals surface area contributed by atoms with Crippen molar-refractivity contribution in [2.24, 2.45) is 5.92 Å². The number of hydrogen-bond donors (Lipinski definition) is 2. The van der Waals surface area contributed by atoms with Gasteiger partial charge in [-0.15, -0.1) is 0 Å². The van der Waals surface area contributed by atoms with Crippen LogP contribution in [0.4, 0.5) is 0 Å². The summed E-state index contributed by atoms with van der Waals surface area (Å²) in [6.07, 6.45) is 3.09. The van der Waals surface area contributed by atoms with E-state index in [1.54, 1.807) is 7.11 Å². The van der Waals surface area contributed by atoms with Crippen molar-refractivity contribution in [3.63, 3.8) is 0 Å². The molecule has 0 bridgehead atoms. The molecule has 0 saturated heterocycles. The summed E-state index contributed by atoms with van der Waals surface area (Å²) < 4.78 is 5.22. The molecule has 0 aromatic carbocycles. The van der Waals surface area contributed by atoms with Gasteiger partial charge in [0.15, 0.2) is 0 Å². The molecular formula is C14H22N2O2. The smallest absolute Gasteiger partial charge is 0.122 e. The van der Waals surface area contributed by atoms with Gasteiger partial charge in [0.2, 0.25) is 0 Å². The van der Waals surface area contributed by atoms with E-state index in [1.165, 1.54) is 0 Å². The molecule has 1 saturated carbocycles. The minimum absolute atomic E-state index is 0.127. The van der Waals surface area contributed by atoms with Gasteiger partial charge in [0.25, 0.3) is 0 Å². The van der Waals surface area contributed by atoms with E-state index >= 15 is 0 Å². The summed E-state index contributed by atoms with van der Waals surface area (Å²) in [5, 5.41) is 13.1. The van der Waals surface area contributed by atoms with E-state index in [4.69, 9.17) is 4.74 Å².